The molecule has 0 aromatic heterocycles. The van der Waals surface area contributed by atoms with Gasteiger partial charge in [-0.3, -0.25) is 0 Å². The van der Waals surface area contributed by atoms with Crippen molar-refractivity contribution in [3.8, 4) is 0 Å². The number of piperidine rings is 1. The molecule has 17 heavy (non-hydrogen) atoms. The molecule has 0 aliphatic carbocycles. The number of alkyl halides is 1. The molecule has 0 saturated carbocycles. The monoisotopic (exact) mass is 295 g/mol. The molecule has 1 aromatic carbocycles. The minimum atomic E-state index is 0.657. The van der Waals surface area contributed by atoms with E-state index in [1.54, 1.807) is 0 Å². The summed E-state index contributed by atoms with van der Waals surface area (Å²) in [6.07, 6.45) is 2.69. The van der Waals surface area contributed by atoms with Gasteiger partial charge in [-0.15, -0.1) is 0 Å². The van der Waals surface area contributed by atoms with Crippen molar-refractivity contribution < 1.29 is 0 Å². The number of benzene rings is 1. The summed E-state index contributed by atoms with van der Waals surface area (Å²) in [5, 5.41) is 0.946. The lowest BCUT2D eigenvalue weighted by Crippen LogP contribution is -2.42. The van der Waals surface area contributed by atoms with Gasteiger partial charge in [0.05, 0.1) is 0 Å². The van der Waals surface area contributed by atoms with Crippen molar-refractivity contribution in [2.45, 2.75) is 45.0 Å². The molecule has 2 atom stereocenters. The van der Waals surface area contributed by atoms with Crippen LogP contribution >= 0.6 is 15.9 Å². The van der Waals surface area contributed by atoms with Crippen LogP contribution in [0.3, 0.4) is 0 Å². The molecule has 1 fully saturated rings. The van der Waals surface area contributed by atoms with Crippen LogP contribution in [0, 0.1) is 12.8 Å². The number of nitrogens with zero attached hydrogens (tertiary/aromatic N) is 1. The molecule has 1 saturated heterocycles. The average Bonchev–Trinajstić information content (AvgIpc) is 2.33. The zero-order valence-electron chi connectivity index (χ0n) is 11.0. The first kappa shape index (κ1) is 12.9. The lowest BCUT2D eigenvalue weighted by atomic mass is 9.91. The molecule has 2 heteroatoms. The summed E-state index contributed by atoms with van der Waals surface area (Å²) in [6.45, 7) is 8.10. The molecule has 1 aliphatic heterocycles. The van der Waals surface area contributed by atoms with E-state index in [0.717, 1.165) is 11.2 Å². The van der Waals surface area contributed by atoms with Crippen LogP contribution in [0.2, 0.25) is 0 Å². The van der Waals surface area contributed by atoms with Gasteiger partial charge < -0.3 is 4.90 Å². The van der Waals surface area contributed by atoms with E-state index >= 15 is 0 Å². The highest BCUT2D eigenvalue weighted by Crippen LogP contribution is 2.32. The SMILES string of the molecule is Cc1ccc(N2CCCC(C)C2C)c(CBr)c1. The maximum Gasteiger partial charge on any atom is 0.0410 e. The normalized spacial score (nSPS) is 25.1. The fraction of sp³-hybridized carbons (Fsp3) is 0.600. The molecule has 0 radical (unpaired) electrons. The molecular weight excluding hydrogens is 274 g/mol. The summed E-state index contributed by atoms with van der Waals surface area (Å²) >= 11 is 3.62. The maximum absolute atomic E-state index is 3.62. The topological polar surface area (TPSA) is 3.24 Å². The first-order chi connectivity index (χ1) is 8.13. The first-order valence-corrected chi connectivity index (χ1v) is 7.67. The van der Waals surface area contributed by atoms with E-state index in [-0.39, 0.29) is 0 Å². The van der Waals surface area contributed by atoms with Crippen molar-refractivity contribution in [2.24, 2.45) is 5.92 Å². The van der Waals surface area contributed by atoms with Gasteiger partial charge in [-0.25, -0.2) is 0 Å². The van der Waals surface area contributed by atoms with E-state index in [9.17, 15) is 0 Å². The van der Waals surface area contributed by atoms with Crippen LogP contribution < -0.4 is 4.90 Å². The van der Waals surface area contributed by atoms with Crippen molar-refractivity contribution in [1.29, 1.82) is 0 Å². The molecule has 1 aromatic rings. The number of anilines is 1. The minimum absolute atomic E-state index is 0.657. The smallest absolute Gasteiger partial charge is 0.0410 e. The summed E-state index contributed by atoms with van der Waals surface area (Å²) in [4.78, 5) is 2.59. The minimum Gasteiger partial charge on any atom is -0.368 e. The second kappa shape index (κ2) is 5.43. The molecule has 2 rings (SSSR count). The Morgan fingerprint density at radius 3 is 2.82 bits per heavy atom. The third-order valence-corrected chi connectivity index (χ3v) is 4.67. The Hall–Kier alpha value is -0.500. The van der Waals surface area contributed by atoms with Gasteiger partial charge >= 0.3 is 0 Å². The predicted octanol–water partition coefficient (Wildman–Crippen LogP) is 4.51. The van der Waals surface area contributed by atoms with E-state index in [1.165, 1.54) is 36.2 Å². The van der Waals surface area contributed by atoms with Crippen LogP contribution in [0.1, 0.15) is 37.8 Å². The molecule has 0 N–H and O–H groups in total. The van der Waals surface area contributed by atoms with E-state index in [2.05, 4.69) is 59.8 Å². The Kier molecular flexibility index (Phi) is 4.13. The van der Waals surface area contributed by atoms with Gasteiger partial charge in [-0.05, 0) is 44.2 Å². The van der Waals surface area contributed by atoms with Gasteiger partial charge in [0, 0.05) is 23.6 Å². The largest absolute Gasteiger partial charge is 0.368 e. The first-order valence-electron chi connectivity index (χ1n) is 6.55. The Morgan fingerprint density at radius 1 is 1.35 bits per heavy atom. The van der Waals surface area contributed by atoms with Crippen LogP contribution in [-0.2, 0) is 5.33 Å². The number of rotatable bonds is 2. The molecule has 94 valence electrons. The molecular formula is C15H22BrN. The van der Waals surface area contributed by atoms with E-state index < -0.39 is 0 Å². The van der Waals surface area contributed by atoms with Crippen LogP contribution in [0.15, 0.2) is 18.2 Å². The summed E-state index contributed by atoms with van der Waals surface area (Å²) < 4.78 is 0. The number of hydrogen-bond donors (Lipinski definition) is 0. The lowest BCUT2D eigenvalue weighted by Gasteiger charge is -2.40. The van der Waals surface area contributed by atoms with Gasteiger partial charge in [-0.1, -0.05) is 40.5 Å². The van der Waals surface area contributed by atoms with Crippen LogP contribution in [-0.4, -0.2) is 12.6 Å². The quantitative estimate of drug-likeness (QED) is 0.726. The fourth-order valence-electron chi connectivity index (χ4n) is 2.78. The second-order valence-corrected chi connectivity index (χ2v) is 5.88. The molecule has 0 spiro atoms. The summed E-state index contributed by atoms with van der Waals surface area (Å²) in [6, 6.07) is 7.48. The summed E-state index contributed by atoms with van der Waals surface area (Å²) in [7, 11) is 0. The highest BCUT2D eigenvalue weighted by Gasteiger charge is 2.25. The number of halogens is 1. The molecule has 2 unspecified atom stereocenters. The van der Waals surface area contributed by atoms with Crippen molar-refractivity contribution in [2.75, 3.05) is 11.4 Å². The van der Waals surface area contributed by atoms with Gasteiger partial charge in [-0.2, -0.15) is 0 Å². The van der Waals surface area contributed by atoms with E-state index in [4.69, 9.17) is 0 Å². The molecule has 0 amide bonds. The standard InChI is InChI=1S/C15H22BrN/c1-11-6-7-15(14(9-11)10-16)17-8-4-5-12(2)13(17)3/h6-7,9,12-13H,4-5,8,10H2,1-3H3. The van der Waals surface area contributed by atoms with Gasteiger partial charge in [0.1, 0.15) is 0 Å². The summed E-state index contributed by atoms with van der Waals surface area (Å²) in [5.74, 6) is 0.799. The lowest BCUT2D eigenvalue weighted by molar-refractivity contribution is 0.363. The Balaban J connectivity index is 2.32. The highest BCUT2D eigenvalue weighted by molar-refractivity contribution is 9.08. The number of aryl methyl sites for hydroxylation is 1. The van der Waals surface area contributed by atoms with E-state index in [0.29, 0.717) is 6.04 Å². The van der Waals surface area contributed by atoms with Crippen LogP contribution in [0.5, 0.6) is 0 Å². The second-order valence-electron chi connectivity index (χ2n) is 5.32. The predicted molar refractivity (Wildman–Crippen MR) is 79.0 cm³/mol. The van der Waals surface area contributed by atoms with E-state index in [1.807, 2.05) is 0 Å². The molecule has 1 aliphatic rings. The molecule has 1 nitrogen and oxygen atoms in total. The van der Waals surface area contributed by atoms with Gasteiger partial charge in [0.25, 0.3) is 0 Å². The zero-order chi connectivity index (χ0) is 12.4. The Morgan fingerprint density at radius 2 is 2.12 bits per heavy atom. The maximum atomic E-state index is 3.62. The van der Waals surface area contributed by atoms with Crippen LogP contribution in [0.4, 0.5) is 5.69 Å². The van der Waals surface area contributed by atoms with Crippen molar-refractivity contribution in [1.82, 2.24) is 0 Å². The van der Waals surface area contributed by atoms with Crippen molar-refractivity contribution in [3.63, 3.8) is 0 Å². The molecule has 1 heterocycles. The Bertz CT molecular complexity index is 389. The number of hydrogen-bond acceptors (Lipinski definition) is 1. The third-order valence-electron chi connectivity index (χ3n) is 4.06. The van der Waals surface area contributed by atoms with Crippen LogP contribution in [0.25, 0.3) is 0 Å². The molecule has 0 bridgehead atoms. The fourth-order valence-corrected chi connectivity index (χ4v) is 3.23. The Labute approximate surface area is 113 Å². The van der Waals surface area contributed by atoms with Gasteiger partial charge in [0.2, 0.25) is 0 Å². The highest BCUT2D eigenvalue weighted by atomic mass is 79.9. The average molecular weight is 296 g/mol. The zero-order valence-corrected chi connectivity index (χ0v) is 12.6. The summed E-state index contributed by atoms with van der Waals surface area (Å²) in [5.41, 5.74) is 4.19. The van der Waals surface area contributed by atoms with Crippen molar-refractivity contribution in [3.05, 3.63) is 29.3 Å². The van der Waals surface area contributed by atoms with Crippen molar-refractivity contribution >= 4 is 21.6 Å². The third kappa shape index (κ3) is 2.67. The van der Waals surface area contributed by atoms with Gasteiger partial charge in [0.15, 0.2) is 0 Å².